The van der Waals surface area contributed by atoms with E-state index in [1.807, 2.05) is 19.9 Å². The Morgan fingerprint density at radius 2 is 1.88 bits per heavy atom. The number of aromatic nitrogens is 4. The number of alkyl halides is 3. The molecule has 0 spiro atoms. The molecule has 2 aromatic heterocycles. The van der Waals surface area contributed by atoms with Crippen LogP contribution >= 0.6 is 0 Å². The van der Waals surface area contributed by atoms with Gasteiger partial charge in [0.25, 0.3) is 5.78 Å². The Labute approximate surface area is 145 Å². The second-order valence-electron chi connectivity index (χ2n) is 5.58. The van der Waals surface area contributed by atoms with E-state index in [0.29, 0.717) is 17.3 Å². The molecule has 26 heavy (non-hydrogen) atoms. The van der Waals surface area contributed by atoms with Gasteiger partial charge in [-0.05, 0) is 44.2 Å². The van der Waals surface area contributed by atoms with Crippen molar-refractivity contribution in [1.29, 1.82) is 0 Å². The van der Waals surface area contributed by atoms with E-state index >= 15 is 0 Å². The van der Waals surface area contributed by atoms with Gasteiger partial charge in [0.1, 0.15) is 5.75 Å². The molecule has 2 heterocycles. The minimum absolute atomic E-state index is 0.0946. The number of benzene rings is 1. The van der Waals surface area contributed by atoms with Crippen molar-refractivity contribution in [2.24, 2.45) is 0 Å². The number of carbonyl (C=O) groups excluding carboxylic acids is 1. The number of ether oxygens (including phenoxy) is 1. The van der Waals surface area contributed by atoms with E-state index in [4.69, 9.17) is 0 Å². The minimum Gasteiger partial charge on any atom is -0.406 e. The van der Waals surface area contributed by atoms with Gasteiger partial charge >= 0.3 is 6.36 Å². The van der Waals surface area contributed by atoms with Crippen molar-refractivity contribution >= 4 is 17.4 Å². The summed E-state index contributed by atoms with van der Waals surface area (Å²) >= 11 is 0. The number of hydrogen-bond acceptors (Lipinski definition) is 5. The Balaban J connectivity index is 1.66. The smallest absolute Gasteiger partial charge is 0.406 e. The van der Waals surface area contributed by atoms with Crippen molar-refractivity contribution in [3.05, 3.63) is 47.5 Å². The molecule has 0 unspecified atom stereocenters. The molecule has 1 aromatic carbocycles. The molecule has 7 nitrogen and oxygen atoms in total. The quantitative estimate of drug-likeness (QED) is 0.769. The highest BCUT2D eigenvalue weighted by molar-refractivity contribution is 5.91. The molecule has 0 bridgehead atoms. The molecule has 0 saturated carbocycles. The molecule has 0 aliphatic carbocycles. The zero-order valence-electron chi connectivity index (χ0n) is 13.8. The molecule has 0 aliphatic heterocycles. The molecule has 1 N–H and O–H groups in total. The fourth-order valence-corrected chi connectivity index (χ4v) is 2.37. The number of amides is 1. The lowest BCUT2D eigenvalue weighted by Gasteiger charge is -2.09. The maximum atomic E-state index is 12.1. The van der Waals surface area contributed by atoms with Crippen molar-refractivity contribution in [1.82, 2.24) is 19.6 Å². The summed E-state index contributed by atoms with van der Waals surface area (Å²) in [5.41, 5.74) is 1.96. The number of nitrogens with zero attached hydrogens (tertiary/aromatic N) is 4. The maximum Gasteiger partial charge on any atom is 0.573 e. The summed E-state index contributed by atoms with van der Waals surface area (Å²) in [6.45, 7) is 3.69. The summed E-state index contributed by atoms with van der Waals surface area (Å²) in [5, 5.41) is 6.79. The van der Waals surface area contributed by atoms with Crippen molar-refractivity contribution < 1.29 is 22.7 Å². The Bertz CT molecular complexity index is 951. The highest BCUT2D eigenvalue weighted by Crippen LogP contribution is 2.24. The Morgan fingerprint density at radius 3 is 2.54 bits per heavy atom. The molecule has 0 atom stereocenters. The first kappa shape index (κ1) is 17.6. The van der Waals surface area contributed by atoms with Crippen molar-refractivity contribution in [2.75, 3.05) is 5.32 Å². The molecule has 0 saturated heterocycles. The standard InChI is InChI=1S/C16H14F3N5O2/c1-9-7-10(2)24-15(20-9)22-13(23-24)8-14(25)21-11-3-5-12(6-4-11)26-16(17,18)19/h3-7H,8H2,1-2H3,(H,21,25). The summed E-state index contributed by atoms with van der Waals surface area (Å²) in [5.74, 6) is -0.0751. The number of rotatable bonds is 4. The first-order chi connectivity index (χ1) is 12.2. The fourth-order valence-electron chi connectivity index (χ4n) is 2.37. The van der Waals surface area contributed by atoms with Crippen molar-refractivity contribution in [2.45, 2.75) is 26.6 Å². The average Bonchev–Trinajstić information content (AvgIpc) is 2.90. The van der Waals surface area contributed by atoms with Crippen LogP contribution in [0.4, 0.5) is 18.9 Å². The molecular formula is C16H14F3N5O2. The van der Waals surface area contributed by atoms with Crippen LogP contribution in [0, 0.1) is 13.8 Å². The number of fused-ring (bicyclic) bond motifs is 1. The minimum atomic E-state index is -4.76. The SMILES string of the molecule is Cc1cc(C)n2nc(CC(=O)Nc3ccc(OC(F)(F)F)cc3)nc2n1. The highest BCUT2D eigenvalue weighted by Gasteiger charge is 2.30. The molecule has 0 fully saturated rings. The van der Waals surface area contributed by atoms with Crippen LogP contribution in [0.2, 0.25) is 0 Å². The van der Waals surface area contributed by atoms with Crippen molar-refractivity contribution in [3.8, 4) is 5.75 Å². The lowest BCUT2D eigenvalue weighted by Crippen LogP contribution is -2.17. The van der Waals surface area contributed by atoms with E-state index in [1.165, 1.54) is 12.1 Å². The summed E-state index contributed by atoms with van der Waals surface area (Å²) in [7, 11) is 0. The molecule has 0 radical (unpaired) electrons. The Morgan fingerprint density at radius 1 is 1.19 bits per heavy atom. The van der Waals surface area contributed by atoms with Crippen LogP contribution in [-0.2, 0) is 11.2 Å². The maximum absolute atomic E-state index is 12.1. The van der Waals surface area contributed by atoms with Gasteiger partial charge in [0.05, 0.1) is 6.42 Å². The van der Waals surface area contributed by atoms with Gasteiger partial charge in [-0.1, -0.05) is 0 Å². The molecule has 136 valence electrons. The Kier molecular flexibility index (Phi) is 4.49. The highest BCUT2D eigenvalue weighted by atomic mass is 19.4. The van der Waals surface area contributed by atoms with Crippen LogP contribution in [0.15, 0.2) is 30.3 Å². The van der Waals surface area contributed by atoms with Crippen molar-refractivity contribution in [3.63, 3.8) is 0 Å². The summed E-state index contributed by atoms with van der Waals surface area (Å²) in [6.07, 6.45) is -4.85. The van der Waals surface area contributed by atoms with E-state index in [1.54, 1.807) is 4.52 Å². The monoisotopic (exact) mass is 365 g/mol. The third-order valence-electron chi connectivity index (χ3n) is 3.35. The number of anilines is 1. The van der Waals surface area contributed by atoms with Crippen LogP contribution in [0.1, 0.15) is 17.2 Å². The van der Waals surface area contributed by atoms with Crippen LogP contribution in [0.5, 0.6) is 5.75 Å². The number of aryl methyl sites for hydroxylation is 2. The van der Waals surface area contributed by atoms with Gasteiger partial charge in [0, 0.05) is 17.1 Å². The van der Waals surface area contributed by atoms with E-state index in [-0.39, 0.29) is 12.2 Å². The van der Waals surface area contributed by atoms with E-state index < -0.39 is 12.3 Å². The first-order valence-electron chi connectivity index (χ1n) is 7.55. The average molecular weight is 365 g/mol. The predicted molar refractivity (Wildman–Crippen MR) is 85.7 cm³/mol. The normalized spacial score (nSPS) is 11.6. The lowest BCUT2D eigenvalue weighted by molar-refractivity contribution is -0.274. The lowest BCUT2D eigenvalue weighted by atomic mass is 10.3. The predicted octanol–water partition coefficient (Wildman–Crippen LogP) is 2.82. The van der Waals surface area contributed by atoms with Gasteiger partial charge < -0.3 is 10.1 Å². The van der Waals surface area contributed by atoms with E-state index in [2.05, 4.69) is 25.1 Å². The van der Waals surface area contributed by atoms with Gasteiger partial charge in [0.2, 0.25) is 5.91 Å². The molecule has 10 heteroatoms. The summed E-state index contributed by atoms with van der Waals surface area (Å²) in [4.78, 5) is 20.5. The summed E-state index contributed by atoms with van der Waals surface area (Å²) in [6, 6.07) is 6.69. The van der Waals surface area contributed by atoms with Gasteiger partial charge in [-0.25, -0.2) is 9.50 Å². The van der Waals surface area contributed by atoms with Gasteiger partial charge in [0.15, 0.2) is 5.82 Å². The topological polar surface area (TPSA) is 81.4 Å². The Hall–Kier alpha value is -3.17. The third kappa shape index (κ3) is 4.26. The van der Waals surface area contributed by atoms with Crippen LogP contribution in [0.3, 0.4) is 0 Å². The number of carbonyl (C=O) groups is 1. The summed E-state index contributed by atoms with van der Waals surface area (Å²) < 4.78 is 41.7. The number of nitrogens with one attached hydrogen (secondary N) is 1. The second kappa shape index (κ2) is 6.62. The van der Waals surface area contributed by atoms with E-state index in [0.717, 1.165) is 23.5 Å². The fraction of sp³-hybridized carbons (Fsp3) is 0.250. The number of hydrogen-bond donors (Lipinski definition) is 1. The van der Waals surface area contributed by atoms with Crippen LogP contribution in [0.25, 0.3) is 5.78 Å². The molecule has 1 amide bonds. The van der Waals surface area contributed by atoms with Crippen LogP contribution in [-0.4, -0.2) is 31.9 Å². The molecular weight excluding hydrogens is 351 g/mol. The van der Waals surface area contributed by atoms with Gasteiger partial charge in [-0.2, -0.15) is 4.98 Å². The van der Waals surface area contributed by atoms with E-state index in [9.17, 15) is 18.0 Å². The number of halogens is 3. The largest absolute Gasteiger partial charge is 0.573 e. The molecule has 3 aromatic rings. The molecule has 3 rings (SSSR count). The molecule has 0 aliphatic rings. The zero-order chi connectivity index (χ0) is 18.9. The van der Waals surface area contributed by atoms with Gasteiger partial charge in [-0.3, -0.25) is 4.79 Å². The first-order valence-corrected chi connectivity index (χ1v) is 7.55. The zero-order valence-corrected chi connectivity index (χ0v) is 13.8. The van der Waals surface area contributed by atoms with Crippen LogP contribution < -0.4 is 10.1 Å². The van der Waals surface area contributed by atoms with Gasteiger partial charge in [-0.15, -0.1) is 18.3 Å². The third-order valence-corrected chi connectivity index (χ3v) is 3.35. The second-order valence-corrected chi connectivity index (χ2v) is 5.58.